The Hall–Kier alpha value is -2.56. The van der Waals surface area contributed by atoms with Crippen LogP contribution in [-0.2, 0) is 6.61 Å². The first kappa shape index (κ1) is 12.9. The van der Waals surface area contributed by atoms with Crippen molar-refractivity contribution in [3.8, 4) is 11.5 Å². The molecule has 0 unspecified atom stereocenters. The Kier molecular flexibility index (Phi) is 3.97. The summed E-state index contributed by atoms with van der Waals surface area (Å²) in [7, 11) is 1.60. The number of nitrogens with one attached hydrogen (secondary N) is 1. The predicted molar refractivity (Wildman–Crippen MR) is 72.6 cm³/mol. The maximum Gasteiger partial charge on any atom is 0.161 e. The van der Waals surface area contributed by atoms with Gasteiger partial charge in [-0.1, -0.05) is 12.1 Å². The lowest BCUT2D eigenvalue weighted by atomic mass is 10.2. The zero-order valence-electron chi connectivity index (χ0n) is 10.6. The maximum atomic E-state index is 7.35. The van der Waals surface area contributed by atoms with E-state index in [1.807, 2.05) is 30.3 Å². The second-order valence-corrected chi connectivity index (χ2v) is 3.90. The molecule has 5 nitrogen and oxygen atoms in total. The number of aromatic nitrogens is 1. The van der Waals surface area contributed by atoms with Crippen molar-refractivity contribution in [1.82, 2.24) is 4.98 Å². The van der Waals surface area contributed by atoms with Gasteiger partial charge in [0.1, 0.15) is 18.1 Å². The van der Waals surface area contributed by atoms with Crippen LogP contribution in [0, 0.1) is 5.41 Å². The summed E-state index contributed by atoms with van der Waals surface area (Å²) in [6, 6.07) is 11.0. The first-order valence-corrected chi connectivity index (χ1v) is 5.76. The van der Waals surface area contributed by atoms with E-state index in [9.17, 15) is 0 Å². The van der Waals surface area contributed by atoms with Gasteiger partial charge in [-0.15, -0.1) is 0 Å². The number of para-hydroxylation sites is 2. The van der Waals surface area contributed by atoms with Crippen molar-refractivity contribution >= 4 is 5.84 Å². The van der Waals surface area contributed by atoms with E-state index in [4.69, 9.17) is 20.6 Å². The van der Waals surface area contributed by atoms with Gasteiger partial charge in [-0.2, -0.15) is 0 Å². The van der Waals surface area contributed by atoms with E-state index in [2.05, 4.69) is 4.98 Å². The summed E-state index contributed by atoms with van der Waals surface area (Å²) in [5.41, 5.74) is 6.74. The van der Waals surface area contributed by atoms with Crippen LogP contribution >= 0.6 is 0 Å². The summed E-state index contributed by atoms with van der Waals surface area (Å²) in [6.45, 7) is 0.364. The fourth-order valence-corrected chi connectivity index (χ4v) is 1.61. The Morgan fingerprint density at radius 1 is 1.26 bits per heavy atom. The number of nitrogens with two attached hydrogens (primary N) is 1. The summed E-state index contributed by atoms with van der Waals surface area (Å²) in [6.07, 6.45) is 1.61. The van der Waals surface area contributed by atoms with Crippen LogP contribution in [0.2, 0.25) is 0 Å². The van der Waals surface area contributed by atoms with E-state index in [0.717, 1.165) is 5.56 Å². The Morgan fingerprint density at radius 2 is 2.00 bits per heavy atom. The van der Waals surface area contributed by atoms with Crippen LogP contribution in [0.25, 0.3) is 0 Å². The number of amidine groups is 1. The molecule has 0 radical (unpaired) electrons. The molecule has 0 aliphatic rings. The van der Waals surface area contributed by atoms with Crippen LogP contribution in [0.15, 0.2) is 42.6 Å². The van der Waals surface area contributed by atoms with Crippen LogP contribution in [0.4, 0.5) is 0 Å². The van der Waals surface area contributed by atoms with E-state index in [0.29, 0.717) is 23.8 Å². The van der Waals surface area contributed by atoms with E-state index in [1.54, 1.807) is 19.4 Å². The molecule has 3 N–H and O–H groups in total. The zero-order chi connectivity index (χ0) is 13.7. The topological polar surface area (TPSA) is 81.2 Å². The van der Waals surface area contributed by atoms with Crippen molar-refractivity contribution in [1.29, 1.82) is 5.41 Å². The van der Waals surface area contributed by atoms with Gasteiger partial charge >= 0.3 is 0 Å². The number of ether oxygens (including phenoxy) is 2. The first-order chi connectivity index (χ1) is 9.20. The largest absolute Gasteiger partial charge is 0.493 e. The molecule has 0 aliphatic heterocycles. The molecule has 0 saturated carbocycles. The monoisotopic (exact) mass is 257 g/mol. The Labute approximate surface area is 111 Å². The molecule has 1 aromatic heterocycles. The molecule has 0 fully saturated rings. The third kappa shape index (κ3) is 3.22. The van der Waals surface area contributed by atoms with Gasteiger partial charge < -0.3 is 15.2 Å². The van der Waals surface area contributed by atoms with Gasteiger partial charge in [-0.3, -0.25) is 10.4 Å². The van der Waals surface area contributed by atoms with Crippen molar-refractivity contribution < 1.29 is 9.47 Å². The second-order valence-electron chi connectivity index (χ2n) is 3.90. The highest BCUT2D eigenvalue weighted by molar-refractivity contribution is 5.93. The number of hydrogen-bond donors (Lipinski definition) is 2. The minimum Gasteiger partial charge on any atom is -0.493 e. The van der Waals surface area contributed by atoms with Crippen molar-refractivity contribution in [2.45, 2.75) is 6.61 Å². The maximum absolute atomic E-state index is 7.35. The number of methoxy groups -OCH3 is 1. The Bertz CT molecular complexity index is 584. The van der Waals surface area contributed by atoms with Crippen LogP contribution < -0.4 is 15.2 Å². The summed E-state index contributed by atoms with van der Waals surface area (Å²) in [5, 5.41) is 7.35. The van der Waals surface area contributed by atoms with Gasteiger partial charge in [0.2, 0.25) is 0 Å². The quantitative estimate of drug-likeness (QED) is 0.633. The third-order valence-corrected chi connectivity index (χ3v) is 2.56. The SMILES string of the molecule is COc1ccccc1OCc1ccnc(C(=N)N)c1. The fourth-order valence-electron chi connectivity index (χ4n) is 1.61. The van der Waals surface area contributed by atoms with Gasteiger partial charge in [0.15, 0.2) is 11.5 Å². The summed E-state index contributed by atoms with van der Waals surface area (Å²) >= 11 is 0. The Balaban J connectivity index is 2.10. The van der Waals surface area contributed by atoms with Crippen molar-refractivity contribution in [3.05, 3.63) is 53.9 Å². The Morgan fingerprint density at radius 3 is 2.68 bits per heavy atom. The lowest BCUT2D eigenvalue weighted by Crippen LogP contribution is -2.13. The molecule has 0 atom stereocenters. The molecular weight excluding hydrogens is 242 g/mol. The number of hydrogen-bond acceptors (Lipinski definition) is 4. The molecule has 5 heteroatoms. The average Bonchev–Trinajstić information content (AvgIpc) is 2.45. The second kappa shape index (κ2) is 5.86. The minimum atomic E-state index is -0.0564. The predicted octanol–water partition coefficient (Wildman–Crippen LogP) is 1.95. The molecule has 2 rings (SSSR count). The summed E-state index contributed by atoms with van der Waals surface area (Å²) in [4.78, 5) is 4.00. The van der Waals surface area contributed by atoms with Gasteiger partial charge in [-0.25, -0.2) is 0 Å². The third-order valence-electron chi connectivity index (χ3n) is 2.56. The highest BCUT2D eigenvalue weighted by atomic mass is 16.5. The van der Waals surface area contributed by atoms with E-state index in [1.165, 1.54) is 0 Å². The van der Waals surface area contributed by atoms with Crippen LogP contribution in [0.1, 0.15) is 11.3 Å². The summed E-state index contributed by atoms with van der Waals surface area (Å²) < 4.78 is 10.9. The number of pyridine rings is 1. The van der Waals surface area contributed by atoms with Crippen molar-refractivity contribution in [2.24, 2.45) is 5.73 Å². The number of rotatable bonds is 5. The van der Waals surface area contributed by atoms with Gasteiger partial charge in [-0.05, 0) is 29.8 Å². The van der Waals surface area contributed by atoms with Gasteiger partial charge in [0.05, 0.1) is 7.11 Å². The molecule has 0 amide bonds. The standard InChI is InChI=1S/C14H15N3O2/c1-18-12-4-2-3-5-13(12)19-9-10-6-7-17-11(8-10)14(15)16/h2-8H,9H2,1H3,(H3,15,16). The smallest absolute Gasteiger partial charge is 0.161 e. The highest BCUT2D eigenvalue weighted by Crippen LogP contribution is 2.26. The lowest BCUT2D eigenvalue weighted by molar-refractivity contribution is 0.284. The molecule has 98 valence electrons. The molecule has 0 bridgehead atoms. The highest BCUT2D eigenvalue weighted by Gasteiger charge is 2.04. The molecule has 1 aromatic carbocycles. The number of nitrogens with zero attached hydrogens (tertiary/aromatic N) is 1. The van der Waals surface area contributed by atoms with Crippen LogP contribution in [0.3, 0.4) is 0 Å². The van der Waals surface area contributed by atoms with Crippen molar-refractivity contribution in [3.63, 3.8) is 0 Å². The van der Waals surface area contributed by atoms with E-state index < -0.39 is 0 Å². The molecule has 19 heavy (non-hydrogen) atoms. The molecular formula is C14H15N3O2. The molecule has 2 aromatic rings. The van der Waals surface area contributed by atoms with Gasteiger partial charge in [0, 0.05) is 6.20 Å². The fraction of sp³-hybridized carbons (Fsp3) is 0.143. The number of benzene rings is 1. The van der Waals surface area contributed by atoms with E-state index >= 15 is 0 Å². The molecule has 0 aliphatic carbocycles. The van der Waals surface area contributed by atoms with Crippen LogP contribution in [0.5, 0.6) is 11.5 Å². The number of nitrogen functional groups attached to an aromatic ring is 1. The van der Waals surface area contributed by atoms with Crippen molar-refractivity contribution in [2.75, 3.05) is 7.11 Å². The average molecular weight is 257 g/mol. The van der Waals surface area contributed by atoms with E-state index in [-0.39, 0.29) is 5.84 Å². The van der Waals surface area contributed by atoms with Gasteiger partial charge in [0.25, 0.3) is 0 Å². The molecule has 0 spiro atoms. The zero-order valence-corrected chi connectivity index (χ0v) is 10.6. The minimum absolute atomic E-state index is 0.0564. The normalized spacial score (nSPS) is 9.95. The lowest BCUT2D eigenvalue weighted by Gasteiger charge is -2.10. The summed E-state index contributed by atoms with van der Waals surface area (Å²) in [5.74, 6) is 1.30. The molecule has 1 heterocycles. The molecule has 0 saturated heterocycles. The first-order valence-electron chi connectivity index (χ1n) is 5.76. The van der Waals surface area contributed by atoms with Crippen LogP contribution in [-0.4, -0.2) is 17.9 Å².